The highest BCUT2D eigenvalue weighted by Crippen LogP contribution is 2.22. The van der Waals surface area contributed by atoms with E-state index in [1.165, 1.54) is 38.9 Å². The van der Waals surface area contributed by atoms with Crippen molar-refractivity contribution in [2.24, 2.45) is 5.92 Å². The zero-order valence-corrected chi connectivity index (χ0v) is 10.1. The number of nitrogens with one attached hydrogen (secondary N) is 1. The van der Waals surface area contributed by atoms with Crippen LogP contribution in [0.15, 0.2) is 0 Å². The maximum atomic E-state index is 3.39. The molecule has 2 atom stereocenters. The van der Waals surface area contributed by atoms with Crippen molar-refractivity contribution in [3.63, 3.8) is 0 Å². The van der Waals surface area contributed by atoms with Crippen molar-refractivity contribution in [1.82, 2.24) is 10.2 Å². The first-order valence-electron chi connectivity index (χ1n) is 6.20. The van der Waals surface area contributed by atoms with Crippen molar-refractivity contribution < 1.29 is 0 Å². The van der Waals surface area contributed by atoms with Crippen LogP contribution in [0.4, 0.5) is 0 Å². The molecule has 2 nitrogen and oxygen atoms in total. The number of piperidine rings is 1. The minimum atomic E-state index is 0.797. The summed E-state index contributed by atoms with van der Waals surface area (Å²) in [6, 6.07) is 0.797. The van der Waals surface area contributed by atoms with Crippen LogP contribution < -0.4 is 5.32 Å². The molecular formula is C12H26N2. The van der Waals surface area contributed by atoms with E-state index < -0.39 is 0 Å². The van der Waals surface area contributed by atoms with Gasteiger partial charge in [-0.3, -0.25) is 0 Å². The maximum absolute atomic E-state index is 3.39. The van der Waals surface area contributed by atoms with Crippen molar-refractivity contribution >= 4 is 0 Å². The summed E-state index contributed by atoms with van der Waals surface area (Å²) in [5.74, 6) is 0.892. The minimum absolute atomic E-state index is 0.797. The number of likely N-dealkylation sites (tertiary alicyclic amines) is 1. The van der Waals surface area contributed by atoms with Crippen molar-refractivity contribution in [1.29, 1.82) is 0 Å². The summed E-state index contributed by atoms with van der Waals surface area (Å²) < 4.78 is 0. The van der Waals surface area contributed by atoms with Crippen molar-refractivity contribution in [2.75, 3.05) is 26.2 Å². The molecule has 1 rings (SSSR count). The summed E-state index contributed by atoms with van der Waals surface area (Å²) in [4.78, 5) is 2.66. The van der Waals surface area contributed by atoms with Crippen LogP contribution in [-0.2, 0) is 0 Å². The van der Waals surface area contributed by atoms with E-state index in [0.717, 1.165) is 18.5 Å². The first-order valence-corrected chi connectivity index (χ1v) is 6.20. The Labute approximate surface area is 89.1 Å². The fourth-order valence-electron chi connectivity index (χ4n) is 2.32. The van der Waals surface area contributed by atoms with Crippen molar-refractivity contribution in [3.05, 3.63) is 0 Å². The monoisotopic (exact) mass is 198 g/mol. The quantitative estimate of drug-likeness (QED) is 0.681. The van der Waals surface area contributed by atoms with E-state index in [4.69, 9.17) is 0 Å². The van der Waals surface area contributed by atoms with E-state index >= 15 is 0 Å². The highest BCUT2D eigenvalue weighted by Gasteiger charge is 2.23. The molecule has 0 spiro atoms. The summed E-state index contributed by atoms with van der Waals surface area (Å²) in [6.07, 6.45) is 4.11. The van der Waals surface area contributed by atoms with Gasteiger partial charge in [0.1, 0.15) is 0 Å². The van der Waals surface area contributed by atoms with E-state index in [1.807, 2.05) is 0 Å². The first-order chi connectivity index (χ1) is 6.75. The Bertz CT molecular complexity index is 147. The van der Waals surface area contributed by atoms with Crippen molar-refractivity contribution in [3.8, 4) is 0 Å². The predicted octanol–water partition coefficient (Wildman–Crippen LogP) is 2.11. The van der Waals surface area contributed by atoms with Crippen molar-refractivity contribution in [2.45, 2.75) is 46.1 Å². The average Bonchev–Trinajstić information content (AvgIpc) is 2.19. The molecule has 1 N–H and O–H groups in total. The lowest BCUT2D eigenvalue weighted by molar-refractivity contribution is 0.112. The summed E-state index contributed by atoms with van der Waals surface area (Å²) >= 11 is 0. The van der Waals surface area contributed by atoms with Gasteiger partial charge in [-0.05, 0) is 58.3 Å². The molecule has 0 aromatic heterocycles. The predicted molar refractivity (Wildman–Crippen MR) is 62.6 cm³/mol. The van der Waals surface area contributed by atoms with Gasteiger partial charge >= 0.3 is 0 Å². The van der Waals surface area contributed by atoms with Crippen LogP contribution in [0.2, 0.25) is 0 Å². The highest BCUT2D eigenvalue weighted by atomic mass is 15.2. The fraction of sp³-hybridized carbons (Fsp3) is 1.00. The van der Waals surface area contributed by atoms with E-state index in [9.17, 15) is 0 Å². The molecule has 1 aliphatic rings. The molecule has 2 unspecified atom stereocenters. The van der Waals surface area contributed by atoms with Gasteiger partial charge < -0.3 is 10.2 Å². The zero-order chi connectivity index (χ0) is 10.4. The Kier molecular flexibility index (Phi) is 5.49. The van der Waals surface area contributed by atoms with Gasteiger partial charge in [0.05, 0.1) is 0 Å². The van der Waals surface area contributed by atoms with Gasteiger partial charge in [0.25, 0.3) is 0 Å². The largest absolute Gasteiger partial charge is 0.317 e. The number of nitrogens with zero attached hydrogens (tertiary/aromatic N) is 1. The molecule has 1 heterocycles. The molecule has 0 saturated carbocycles. The number of hydrogen-bond acceptors (Lipinski definition) is 2. The van der Waals surface area contributed by atoms with Gasteiger partial charge in [-0.1, -0.05) is 13.8 Å². The van der Waals surface area contributed by atoms with Gasteiger partial charge in [-0.2, -0.15) is 0 Å². The normalized spacial score (nSPS) is 29.4. The minimum Gasteiger partial charge on any atom is -0.317 e. The van der Waals surface area contributed by atoms with E-state index in [2.05, 4.69) is 31.0 Å². The molecule has 0 aromatic rings. The van der Waals surface area contributed by atoms with Crippen LogP contribution in [0.3, 0.4) is 0 Å². The Morgan fingerprint density at radius 1 is 1.36 bits per heavy atom. The Hall–Kier alpha value is -0.0800. The van der Waals surface area contributed by atoms with Crippen LogP contribution in [-0.4, -0.2) is 37.1 Å². The third kappa shape index (κ3) is 3.58. The third-order valence-corrected chi connectivity index (χ3v) is 3.55. The lowest BCUT2D eigenvalue weighted by atomic mass is 9.92. The summed E-state index contributed by atoms with van der Waals surface area (Å²) in [6.45, 7) is 11.8. The molecule has 2 heteroatoms. The standard InChI is InChI=1S/C12H26N2/c1-4-13-8-6-10-14-9-5-7-11(2)12(14)3/h11-13H,4-10H2,1-3H3. The Morgan fingerprint density at radius 3 is 2.86 bits per heavy atom. The molecular weight excluding hydrogens is 172 g/mol. The van der Waals surface area contributed by atoms with Crippen LogP contribution >= 0.6 is 0 Å². The van der Waals surface area contributed by atoms with E-state index in [0.29, 0.717) is 0 Å². The third-order valence-electron chi connectivity index (χ3n) is 3.55. The van der Waals surface area contributed by atoms with E-state index in [1.54, 1.807) is 0 Å². The molecule has 0 amide bonds. The molecule has 84 valence electrons. The van der Waals surface area contributed by atoms with Crippen LogP contribution in [0.5, 0.6) is 0 Å². The Morgan fingerprint density at radius 2 is 2.14 bits per heavy atom. The van der Waals surface area contributed by atoms with Crippen LogP contribution in [0.1, 0.15) is 40.0 Å². The second kappa shape index (κ2) is 6.41. The van der Waals surface area contributed by atoms with Gasteiger partial charge in [0, 0.05) is 6.04 Å². The lowest BCUT2D eigenvalue weighted by Gasteiger charge is -2.37. The molecule has 1 aliphatic heterocycles. The summed E-state index contributed by atoms with van der Waals surface area (Å²) in [7, 11) is 0. The molecule has 0 radical (unpaired) electrons. The van der Waals surface area contributed by atoms with Gasteiger partial charge in [0.15, 0.2) is 0 Å². The number of hydrogen-bond donors (Lipinski definition) is 1. The number of rotatable bonds is 5. The van der Waals surface area contributed by atoms with Gasteiger partial charge in [-0.25, -0.2) is 0 Å². The molecule has 1 fully saturated rings. The topological polar surface area (TPSA) is 15.3 Å². The fourth-order valence-corrected chi connectivity index (χ4v) is 2.32. The second-order valence-corrected chi connectivity index (χ2v) is 4.60. The van der Waals surface area contributed by atoms with E-state index in [-0.39, 0.29) is 0 Å². The lowest BCUT2D eigenvalue weighted by Crippen LogP contribution is -2.43. The molecule has 1 saturated heterocycles. The summed E-state index contributed by atoms with van der Waals surface area (Å²) in [5, 5.41) is 3.39. The second-order valence-electron chi connectivity index (χ2n) is 4.60. The molecule has 0 aliphatic carbocycles. The first kappa shape index (κ1) is 12.0. The highest BCUT2D eigenvalue weighted by molar-refractivity contribution is 4.78. The van der Waals surface area contributed by atoms with Crippen LogP contribution in [0.25, 0.3) is 0 Å². The average molecular weight is 198 g/mol. The zero-order valence-electron chi connectivity index (χ0n) is 10.1. The smallest absolute Gasteiger partial charge is 0.00925 e. The maximum Gasteiger partial charge on any atom is 0.00925 e. The van der Waals surface area contributed by atoms with Gasteiger partial charge in [-0.15, -0.1) is 0 Å². The molecule has 14 heavy (non-hydrogen) atoms. The SMILES string of the molecule is CCNCCCN1CCCC(C)C1C. The molecule has 0 aromatic carbocycles. The Balaban J connectivity index is 2.15. The molecule has 0 bridgehead atoms. The van der Waals surface area contributed by atoms with Crippen LogP contribution in [0, 0.1) is 5.92 Å². The van der Waals surface area contributed by atoms with Gasteiger partial charge in [0.2, 0.25) is 0 Å². The summed E-state index contributed by atoms with van der Waals surface area (Å²) in [5.41, 5.74) is 0.